The molecule has 0 radical (unpaired) electrons. The zero-order valence-electron chi connectivity index (χ0n) is 11.4. The average Bonchev–Trinajstić information content (AvgIpc) is 2.56. The molecule has 0 unspecified atom stereocenters. The molecule has 0 amide bonds. The number of hydrogen-bond donors (Lipinski definition) is 2. The Morgan fingerprint density at radius 1 is 1.24 bits per heavy atom. The van der Waals surface area contributed by atoms with Crippen LogP contribution in [0.25, 0.3) is 10.9 Å². The van der Waals surface area contributed by atoms with Crippen LogP contribution in [0.4, 0.5) is 0 Å². The molecule has 2 aromatic rings. The van der Waals surface area contributed by atoms with E-state index in [9.17, 15) is 0 Å². The Labute approximate surface area is 103 Å². The van der Waals surface area contributed by atoms with Crippen molar-refractivity contribution in [1.29, 1.82) is 0 Å². The highest BCUT2D eigenvalue weighted by atomic mass is 14.9. The van der Waals surface area contributed by atoms with Crippen LogP contribution in [0.5, 0.6) is 0 Å². The third-order valence-corrected chi connectivity index (χ3v) is 3.29. The number of fused-ring (bicyclic) bond motifs is 1. The van der Waals surface area contributed by atoms with E-state index in [1.807, 2.05) is 7.05 Å². The van der Waals surface area contributed by atoms with E-state index in [2.05, 4.69) is 50.1 Å². The molecule has 0 bridgehead atoms. The van der Waals surface area contributed by atoms with Crippen LogP contribution >= 0.6 is 0 Å². The van der Waals surface area contributed by atoms with Crippen molar-refractivity contribution in [3.63, 3.8) is 0 Å². The second kappa shape index (κ2) is 4.53. The zero-order chi connectivity index (χ0) is 12.6. The van der Waals surface area contributed by atoms with Gasteiger partial charge in [0.2, 0.25) is 0 Å². The van der Waals surface area contributed by atoms with Gasteiger partial charge in [-0.2, -0.15) is 0 Å². The molecule has 0 aliphatic heterocycles. The van der Waals surface area contributed by atoms with Crippen LogP contribution in [-0.4, -0.2) is 12.0 Å². The molecule has 0 saturated carbocycles. The first-order chi connectivity index (χ1) is 8.04. The van der Waals surface area contributed by atoms with Crippen molar-refractivity contribution < 1.29 is 0 Å². The third-order valence-electron chi connectivity index (χ3n) is 3.29. The van der Waals surface area contributed by atoms with Crippen molar-refractivity contribution in [2.45, 2.75) is 40.2 Å². The van der Waals surface area contributed by atoms with E-state index >= 15 is 0 Å². The Morgan fingerprint density at radius 3 is 2.53 bits per heavy atom. The summed E-state index contributed by atoms with van der Waals surface area (Å²) >= 11 is 0. The fraction of sp³-hybridized carbons (Fsp3) is 0.467. The van der Waals surface area contributed by atoms with Gasteiger partial charge in [0.25, 0.3) is 0 Å². The summed E-state index contributed by atoms with van der Waals surface area (Å²) in [6, 6.07) is 4.51. The summed E-state index contributed by atoms with van der Waals surface area (Å²) in [6.45, 7) is 9.79. The number of H-pyrrole nitrogens is 1. The zero-order valence-corrected chi connectivity index (χ0v) is 11.4. The smallest absolute Gasteiger partial charge is 0.0464 e. The average molecular weight is 230 g/mol. The minimum Gasteiger partial charge on any atom is -0.357 e. The standard InChI is InChI=1S/C15H22N2/c1-9(2)14-13(8-16-5)17-12-7-10(3)6-11(4)15(12)14/h6-7,9,16-17H,8H2,1-5H3. The normalized spacial score (nSPS) is 11.6. The lowest BCUT2D eigenvalue weighted by atomic mass is 9.95. The van der Waals surface area contributed by atoms with E-state index in [1.165, 1.54) is 33.3 Å². The summed E-state index contributed by atoms with van der Waals surface area (Å²) in [6.07, 6.45) is 0. The summed E-state index contributed by atoms with van der Waals surface area (Å²) in [4.78, 5) is 3.57. The Bertz CT molecular complexity index is 535. The maximum atomic E-state index is 3.57. The monoisotopic (exact) mass is 230 g/mol. The number of hydrogen-bond acceptors (Lipinski definition) is 1. The van der Waals surface area contributed by atoms with Crippen LogP contribution in [-0.2, 0) is 6.54 Å². The van der Waals surface area contributed by atoms with Gasteiger partial charge in [0.15, 0.2) is 0 Å². The van der Waals surface area contributed by atoms with Crippen molar-refractivity contribution in [3.8, 4) is 0 Å². The second-order valence-electron chi connectivity index (χ2n) is 5.21. The molecular weight excluding hydrogens is 208 g/mol. The second-order valence-corrected chi connectivity index (χ2v) is 5.21. The summed E-state index contributed by atoms with van der Waals surface area (Å²) in [5, 5.41) is 4.66. The molecule has 0 aliphatic rings. The molecule has 1 aromatic heterocycles. The molecule has 2 nitrogen and oxygen atoms in total. The van der Waals surface area contributed by atoms with Gasteiger partial charge in [-0.05, 0) is 49.6 Å². The van der Waals surface area contributed by atoms with E-state index < -0.39 is 0 Å². The molecule has 2 N–H and O–H groups in total. The molecule has 0 fully saturated rings. The fourth-order valence-corrected chi connectivity index (χ4v) is 2.76. The lowest BCUT2D eigenvalue weighted by molar-refractivity contribution is 0.764. The van der Waals surface area contributed by atoms with Crippen LogP contribution < -0.4 is 5.32 Å². The first-order valence-electron chi connectivity index (χ1n) is 6.31. The van der Waals surface area contributed by atoms with Gasteiger partial charge < -0.3 is 10.3 Å². The van der Waals surface area contributed by atoms with Crippen molar-refractivity contribution in [2.75, 3.05) is 7.05 Å². The molecule has 92 valence electrons. The Hall–Kier alpha value is -1.28. The summed E-state index contributed by atoms with van der Waals surface area (Å²) < 4.78 is 0. The van der Waals surface area contributed by atoms with Gasteiger partial charge in [-0.15, -0.1) is 0 Å². The van der Waals surface area contributed by atoms with Gasteiger partial charge in [-0.3, -0.25) is 0 Å². The highest BCUT2D eigenvalue weighted by Gasteiger charge is 2.15. The quantitative estimate of drug-likeness (QED) is 0.828. The SMILES string of the molecule is CNCc1[nH]c2cc(C)cc(C)c2c1C(C)C. The molecule has 1 heterocycles. The molecule has 2 heteroatoms. The summed E-state index contributed by atoms with van der Waals surface area (Å²) in [5.74, 6) is 0.550. The Kier molecular flexibility index (Phi) is 3.25. The van der Waals surface area contributed by atoms with Crippen molar-refractivity contribution in [1.82, 2.24) is 10.3 Å². The highest BCUT2D eigenvalue weighted by Crippen LogP contribution is 2.32. The van der Waals surface area contributed by atoms with Gasteiger partial charge in [-0.25, -0.2) is 0 Å². The lowest BCUT2D eigenvalue weighted by Crippen LogP contribution is -2.08. The number of benzene rings is 1. The summed E-state index contributed by atoms with van der Waals surface area (Å²) in [5.41, 5.74) is 6.76. The molecule has 17 heavy (non-hydrogen) atoms. The molecule has 0 aliphatic carbocycles. The first-order valence-corrected chi connectivity index (χ1v) is 6.31. The predicted octanol–water partition coefficient (Wildman–Crippen LogP) is 3.63. The molecule has 0 saturated heterocycles. The van der Waals surface area contributed by atoms with Crippen LogP contribution in [0, 0.1) is 13.8 Å². The Morgan fingerprint density at radius 2 is 1.94 bits per heavy atom. The maximum absolute atomic E-state index is 3.57. The topological polar surface area (TPSA) is 27.8 Å². The van der Waals surface area contributed by atoms with Crippen molar-refractivity contribution in [3.05, 3.63) is 34.5 Å². The number of aromatic nitrogens is 1. The third kappa shape index (κ3) is 2.09. The number of nitrogens with one attached hydrogen (secondary N) is 2. The molecule has 2 rings (SSSR count). The van der Waals surface area contributed by atoms with Crippen molar-refractivity contribution in [2.24, 2.45) is 0 Å². The summed E-state index contributed by atoms with van der Waals surface area (Å²) in [7, 11) is 1.99. The van der Waals surface area contributed by atoms with E-state index in [4.69, 9.17) is 0 Å². The highest BCUT2D eigenvalue weighted by molar-refractivity contribution is 5.89. The van der Waals surface area contributed by atoms with E-state index in [1.54, 1.807) is 0 Å². The van der Waals surface area contributed by atoms with Crippen LogP contribution in [0.1, 0.15) is 42.1 Å². The predicted molar refractivity (Wildman–Crippen MR) is 74.6 cm³/mol. The van der Waals surface area contributed by atoms with Gasteiger partial charge in [0, 0.05) is 23.1 Å². The van der Waals surface area contributed by atoms with Crippen LogP contribution in [0.2, 0.25) is 0 Å². The van der Waals surface area contributed by atoms with Gasteiger partial charge in [-0.1, -0.05) is 19.9 Å². The number of aromatic amines is 1. The Balaban J connectivity index is 2.75. The van der Waals surface area contributed by atoms with Gasteiger partial charge in [0.1, 0.15) is 0 Å². The minimum absolute atomic E-state index is 0.550. The van der Waals surface area contributed by atoms with Crippen LogP contribution in [0.15, 0.2) is 12.1 Å². The van der Waals surface area contributed by atoms with Crippen molar-refractivity contribution >= 4 is 10.9 Å². The van der Waals surface area contributed by atoms with Crippen LogP contribution in [0.3, 0.4) is 0 Å². The fourth-order valence-electron chi connectivity index (χ4n) is 2.76. The number of aryl methyl sites for hydroxylation is 2. The van der Waals surface area contributed by atoms with E-state index in [-0.39, 0.29) is 0 Å². The molecular formula is C15H22N2. The number of rotatable bonds is 3. The maximum Gasteiger partial charge on any atom is 0.0464 e. The molecule has 0 spiro atoms. The van der Waals surface area contributed by atoms with E-state index in [0.717, 1.165) is 6.54 Å². The van der Waals surface area contributed by atoms with E-state index in [0.29, 0.717) is 5.92 Å². The first kappa shape index (κ1) is 12.2. The minimum atomic E-state index is 0.550. The lowest BCUT2D eigenvalue weighted by Gasteiger charge is -2.09. The molecule has 1 aromatic carbocycles. The molecule has 0 atom stereocenters. The van der Waals surface area contributed by atoms with Gasteiger partial charge >= 0.3 is 0 Å². The largest absolute Gasteiger partial charge is 0.357 e. The van der Waals surface area contributed by atoms with Gasteiger partial charge in [0.05, 0.1) is 0 Å².